The lowest BCUT2D eigenvalue weighted by Gasteiger charge is -2.40. The fourth-order valence-corrected chi connectivity index (χ4v) is 5.70. The second kappa shape index (κ2) is 9.10. The second-order valence-corrected chi connectivity index (χ2v) is 9.44. The zero-order valence-corrected chi connectivity index (χ0v) is 18.4. The molecule has 1 aliphatic carbocycles. The zero-order chi connectivity index (χ0) is 22.1. The van der Waals surface area contributed by atoms with E-state index in [0.29, 0.717) is 31.1 Å². The number of fused-ring (bicyclic) bond motifs is 2. The number of benzene rings is 1. The standard InChI is InChI=1S/C24H32N4O4/c29-22(11-5-10-21-25-18-7-2-1-6-17(18)23(30)26-21)27-14-12-16(13-15-27)28-19-8-3-4-9-20(19)32-24(28)31/h3-4,8-9,16-18,21,25H,1-2,5-7,10-15H2,(H,26,30). The van der Waals surface area contributed by atoms with E-state index < -0.39 is 0 Å². The average molecular weight is 441 g/mol. The molecule has 2 amide bonds. The molecule has 0 bridgehead atoms. The third-order valence-electron chi connectivity index (χ3n) is 7.42. The number of likely N-dealkylation sites (tertiary alicyclic amines) is 1. The van der Waals surface area contributed by atoms with E-state index in [-0.39, 0.29) is 35.7 Å². The Morgan fingerprint density at radius 2 is 1.84 bits per heavy atom. The van der Waals surface area contributed by atoms with Crippen LogP contribution in [0.1, 0.15) is 63.8 Å². The molecule has 3 aliphatic rings. The summed E-state index contributed by atoms with van der Waals surface area (Å²) in [6, 6.07) is 7.83. The summed E-state index contributed by atoms with van der Waals surface area (Å²) in [4.78, 5) is 39.3. The van der Waals surface area contributed by atoms with Crippen molar-refractivity contribution in [2.45, 2.75) is 76.0 Å². The Bertz CT molecular complexity index is 1040. The number of carbonyl (C=O) groups excluding carboxylic acids is 2. The summed E-state index contributed by atoms with van der Waals surface area (Å²) in [7, 11) is 0. The van der Waals surface area contributed by atoms with Crippen molar-refractivity contribution in [2.24, 2.45) is 5.92 Å². The van der Waals surface area contributed by atoms with E-state index in [4.69, 9.17) is 4.42 Å². The fraction of sp³-hybridized carbons (Fsp3) is 0.625. The number of hydrogen-bond acceptors (Lipinski definition) is 5. The fourth-order valence-electron chi connectivity index (χ4n) is 5.70. The van der Waals surface area contributed by atoms with Gasteiger partial charge >= 0.3 is 5.76 Å². The Labute approximate surface area is 187 Å². The van der Waals surface area contributed by atoms with E-state index in [1.54, 1.807) is 4.57 Å². The number of piperidine rings is 1. The number of oxazole rings is 1. The Hall–Kier alpha value is -2.61. The van der Waals surface area contributed by atoms with Crippen molar-refractivity contribution in [3.63, 3.8) is 0 Å². The van der Waals surface area contributed by atoms with Crippen molar-refractivity contribution >= 4 is 22.9 Å². The molecule has 2 N–H and O–H groups in total. The van der Waals surface area contributed by atoms with Gasteiger partial charge in [-0.3, -0.25) is 19.5 Å². The summed E-state index contributed by atoms with van der Waals surface area (Å²) < 4.78 is 7.11. The van der Waals surface area contributed by atoms with Crippen molar-refractivity contribution in [1.82, 2.24) is 20.1 Å². The van der Waals surface area contributed by atoms with Crippen molar-refractivity contribution in [3.05, 3.63) is 34.8 Å². The van der Waals surface area contributed by atoms with Gasteiger partial charge in [0.25, 0.3) is 0 Å². The molecule has 1 saturated carbocycles. The van der Waals surface area contributed by atoms with Crippen molar-refractivity contribution in [2.75, 3.05) is 13.1 Å². The van der Waals surface area contributed by atoms with Crippen LogP contribution in [0.5, 0.6) is 0 Å². The number of rotatable bonds is 5. The Morgan fingerprint density at radius 1 is 1.06 bits per heavy atom. The summed E-state index contributed by atoms with van der Waals surface area (Å²) in [5.74, 6) is 0.125. The van der Waals surface area contributed by atoms with Gasteiger partial charge < -0.3 is 14.6 Å². The van der Waals surface area contributed by atoms with E-state index >= 15 is 0 Å². The van der Waals surface area contributed by atoms with Gasteiger partial charge in [-0.05, 0) is 50.7 Å². The molecule has 32 heavy (non-hydrogen) atoms. The van der Waals surface area contributed by atoms with Crippen molar-refractivity contribution in [3.8, 4) is 0 Å². The largest absolute Gasteiger partial charge is 0.420 e. The first-order valence-electron chi connectivity index (χ1n) is 12.0. The summed E-state index contributed by atoms with van der Waals surface area (Å²) in [6.07, 6.45) is 7.84. The first-order chi connectivity index (χ1) is 15.6. The lowest BCUT2D eigenvalue weighted by Crippen LogP contribution is -2.62. The second-order valence-electron chi connectivity index (χ2n) is 9.44. The topological polar surface area (TPSA) is 96.6 Å². The van der Waals surface area contributed by atoms with E-state index in [1.165, 1.54) is 6.42 Å². The molecular formula is C24H32N4O4. The average Bonchev–Trinajstić information content (AvgIpc) is 3.15. The van der Waals surface area contributed by atoms with Gasteiger partial charge in [0.05, 0.1) is 17.6 Å². The summed E-state index contributed by atoms with van der Waals surface area (Å²) >= 11 is 0. The molecule has 3 unspecified atom stereocenters. The van der Waals surface area contributed by atoms with Crippen LogP contribution >= 0.6 is 0 Å². The number of nitrogens with one attached hydrogen (secondary N) is 2. The van der Waals surface area contributed by atoms with Crippen molar-refractivity contribution < 1.29 is 14.0 Å². The number of para-hydroxylation sites is 2. The van der Waals surface area contributed by atoms with Gasteiger partial charge in [0, 0.05) is 31.6 Å². The van der Waals surface area contributed by atoms with Crippen LogP contribution in [0.25, 0.3) is 11.1 Å². The third-order valence-corrected chi connectivity index (χ3v) is 7.42. The molecule has 1 aromatic heterocycles. The first kappa shape index (κ1) is 21.2. The quantitative estimate of drug-likeness (QED) is 0.745. The highest BCUT2D eigenvalue weighted by atomic mass is 16.4. The van der Waals surface area contributed by atoms with Crippen LogP contribution in [-0.4, -0.2) is 46.6 Å². The molecule has 3 fully saturated rings. The van der Waals surface area contributed by atoms with Gasteiger partial charge in [-0.15, -0.1) is 0 Å². The molecule has 0 spiro atoms. The smallest absolute Gasteiger partial charge is 0.408 e. The maximum atomic E-state index is 12.7. The molecule has 3 atom stereocenters. The molecule has 3 heterocycles. The maximum absolute atomic E-state index is 12.7. The molecular weight excluding hydrogens is 408 g/mol. The van der Waals surface area contributed by atoms with Gasteiger partial charge in [-0.2, -0.15) is 0 Å². The van der Waals surface area contributed by atoms with Crippen LogP contribution < -0.4 is 16.4 Å². The maximum Gasteiger partial charge on any atom is 0.420 e. The lowest BCUT2D eigenvalue weighted by atomic mass is 9.82. The van der Waals surface area contributed by atoms with Gasteiger partial charge in [0.15, 0.2) is 5.58 Å². The number of amides is 2. The Balaban J connectivity index is 1.09. The van der Waals surface area contributed by atoms with Crippen LogP contribution in [0.3, 0.4) is 0 Å². The predicted octanol–water partition coefficient (Wildman–Crippen LogP) is 2.53. The Kier molecular flexibility index (Phi) is 6.04. The van der Waals surface area contributed by atoms with E-state index in [2.05, 4.69) is 10.6 Å². The molecule has 0 radical (unpaired) electrons. The minimum atomic E-state index is -0.321. The molecule has 1 aromatic carbocycles. The third kappa shape index (κ3) is 4.20. The van der Waals surface area contributed by atoms with Gasteiger partial charge in [-0.25, -0.2) is 4.79 Å². The number of hydrogen-bond donors (Lipinski definition) is 2. The zero-order valence-electron chi connectivity index (χ0n) is 18.4. The molecule has 172 valence electrons. The van der Waals surface area contributed by atoms with Gasteiger partial charge in [0.2, 0.25) is 11.8 Å². The van der Waals surface area contributed by atoms with Crippen LogP contribution in [0.15, 0.2) is 33.5 Å². The number of nitrogens with zero attached hydrogens (tertiary/aromatic N) is 2. The monoisotopic (exact) mass is 440 g/mol. The SMILES string of the molecule is O=C1NC(CCCC(=O)N2CCC(n3c(=O)oc4ccccc43)CC2)NC2CCCCC12. The lowest BCUT2D eigenvalue weighted by molar-refractivity contribution is -0.132. The van der Waals surface area contributed by atoms with E-state index in [0.717, 1.165) is 50.5 Å². The molecule has 2 aliphatic heterocycles. The Morgan fingerprint density at radius 3 is 2.69 bits per heavy atom. The number of aromatic nitrogens is 1. The highest BCUT2D eigenvalue weighted by Crippen LogP contribution is 2.28. The van der Waals surface area contributed by atoms with E-state index in [1.807, 2.05) is 29.2 Å². The van der Waals surface area contributed by atoms with Crippen LogP contribution in [0.4, 0.5) is 0 Å². The van der Waals surface area contributed by atoms with Crippen LogP contribution in [-0.2, 0) is 9.59 Å². The highest BCUT2D eigenvalue weighted by Gasteiger charge is 2.37. The summed E-state index contributed by atoms with van der Waals surface area (Å²) in [5.41, 5.74) is 1.43. The minimum absolute atomic E-state index is 0.0263. The van der Waals surface area contributed by atoms with E-state index in [9.17, 15) is 14.4 Å². The van der Waals surface area contributed by atoms with Crippen LogP contribution in [0, 0.1) is 5.92 Å². The highest BCUT2D eigenvalue weighted by molar-refractivity contribution is 5.80. The number of carbonyl (C=O) groups is 2. The normalized spacial score (nSPS) is 26.7. The van der Waals surface area contributed by atoms with Gasteiger partial charge in [-0.1, -0.05) is 25.0 Å². The summed E-state index contributed by atoms with van der Waals surface area (Å²) in [5, 5.41) is 6.68. The molecule has 2 aromatic rings. The molecule has 2 saturated heterocycles. The van der Waals surface area contributed by atoms with Crippen molar-refractivity contribution in [1.29, 1.82) is 0 Å². The molecule has 8 heteroatoms. The molecule has 8 nitrogen and oxygen atoms in total. The predicted molar refractivity (Wildman–Crippen MR) is 120 cm³/mol. The first-order valence-corrected chi connectivity index (χ1v) is 12.0. The minimum Gasteiger partial charge on any atom is -0.408 e. The summed E-state index contributed by atoms with van der Waals surface area (Å²) in [6.45, 7) is 1.30. The molecule has 5 rings (SSSR count). The van der Waals surface area contributed by atoms with Crippen LogP contribution in [0.2, 0.25) is 0 Å². The van der Waals surface area contributed by atoms with Gasteiger partial charge in [0.1, 0.15) is 0 Å².